The highest BCUT2D eigenvalue weighted by Gasteiger charge is 2.17. The predicted octanol–water partition coefficient (Wildman–Crippen LogP) is 2.38. The molecule has 0 spiro atoms. The van der Waals surface area contributed by atoms with Crippen molar-refractivity contribution < 1.29 is 14.1 Å². The first-order valence-corrected chi connectivity index (χ1v) is 7.76. The Morgan fingerprint density at radius 1 is 1.22 bits per heavy atom. The number of carbonyl (C=O) groups excluding carboxylic acids is 1. The Bertz CT molecular complexity index is 690. The molecule has 0 atom stereocenters. The lowest BCUT2D eigenvalue weighted by molar-refractivity contribution is 0.0305. The highest BCUT2D eigenvalue weighted by molar-refractivity contribution is 6.02. The quantitative estimate of drug-likeness (QED) is 0.938. The Kier molecular flexibility index (Phi) is 4.73. The summed E-state index contributed by atoms with van der Waals surface area (Å²) in [7, 11) is 0. The molecule has 1 fully saturated rings. The van der Waals surface area contributed by atoms with Crippen molar-refractivity contribution in [2.75, 3.05) is 31.6 Å². The first-order valence-electron chi connectivity index (χ1n) is 7.76. The van der Waals surface area contributed by atoms with Crippen LogP contribution >= 0.6 is 0 Å². The van der Waals surface area contributed by atoms with Crippen molar-refractivity contribution >= 4 is 11.6 Å². The largest absolute Gasteiger partial charge is 0.379 e. The molecule has 1 N–H and O–H groups in total. The molecule has 1 aromatic carbocycles. The molecule has 23 heavy (non-hydrogen) atoms. The third-order valence-corrected chi connectivity index (χ3v) is 4.04. The molecule has 3 rings (SSSR count). The maximum atomic E-state index is 12.2. The van der Waals surface area contributed by atoms with Gasteiger partial charge in [-0.2, -0.15) is 0 Å². The van der Waals surface area contributed by atoms with E-state index < -0.39 is 0 Å². The summed E-state index contributed by atoms with van der Waals surface area (Å²) in [4.78, 5) is 14.5. The summed E-state index contributed by atoms with van der Waals surface area (Å²) in [5.41, 5.74) is 3.38. The number of nitrogens with one attached hydrogen (secondary N) is 1. The van der Waals surface area contributed by atoms with Crippen molar-refractivity contribution in [3.63, 3.8) is 0 Å². The fourth-order valence-corrected chi connectivity index (χ4v) is 2.49. The molecule has 0 bridgehead atoms. The van der Waals surface area contributed by atoms with Crippen LogP contribution in [0.1, 0.15) is 27.4 Å². The predicted molar refractivity (Wildman–Crippen MR) is 86.5 cm³/mol. The molecule has 0 saturated carbocycles. The van der Waals surface area contributed by atoms with Gasteiger partial charge in [-0.3, -0.25) is 9.69 Å². The SMILES string of the molecule is Cc1ccc(NC(=O)c2cc(CN3CCOCC3)on2)cc1C. The number of amides is 1. The maximum Gasteiger partial charge on any atom is 0.277 e. The van der Waals surface area contributed by atoms with Crippen LogP contribution in [0.15, 0.2) is 28.8 Å². The van der Waals surface area contributed by atoms with Crippen LogP contribution in [0.3, 0.4) is 0 Å². The van der Waals surface area contributed by atoms with Gasteiger partial charge in [0.25, 0.3) is 5.91 Å². The Morgan fingerprint density at radius 2 is 2.00 bits per heavy atom. The van der Waals surface area contributed by atoms with Crippen molar-refractivity contribution in [2.24, 2.45) is 0 Å². The minimum absolute atomic E-state index is 0.259. The Labute approximate surface area is 135 Å². The molecule has 2 aromatic rings. The molecular weight excluding hydrogens is 294 g/mol. The Morgan fingerprint density at radius 3 is 2.74 bits per heavy atom. The number of rotatable bonds is 4. The molecule has 1 amide bonds. The zero-order chi connectivity index (χ0) is 16.2. The molecule has 0 unspecified atom stereocenters. The van der Waals surface area contributed by atoms with Gasteiger partial charge in [-0.15, -0.1) is 0 Å². The standard InChI is InChI=1S/C17H21N3O3/c1-12-3-4-14(9-13(12)2)18-17(21)16-10-15(23-19-16)11-20-5-7-22-8-6-20/h3-4,9-10H,5-8,11H2,1-2H3,(H,18,21). The van der Waals surface area contributed by atoms with E-state index in [0.717, 1.165) is 37.6 Å². The second-order valence-corrected chi connectivity index (χ2v) is 5.82. The van der Waals surface area contributed by atoms with Gasteiger partial charge in [-0.25, -0.2) is 0 Å². The van der Waals surface area contributed by atoms with Crippen LogP contribution in [-0.2, 0) is 11.3 Å². The number of aromatic nitrogens is 1. The molecule has 0 radical (unpaired) electrons. The zero-order valence-electron chi connectivity index (χ0n) is 13.5. The second-order valence-electron chi connectivity index (χ2n) is 5.82. The van der Waals surface area contributed by atoms with Crippen LogP contribution in [0.4, 0.5) is 5.69 Å². The number of nitrogens with zero attached hydrogens (tertiary/aromatic N) is 2. The van der Waals surface area contributed by atoms with Crippen LogP contribution < -0.4 is 5.32 Å². The monoisotopic (exact) mass is 315 g/mol. The second kappa shape index (κ2) is 6.93. The first-order chi connectivity index (χ1) is 11.1. The van der Waals surface area contributed by atoms with Gasteiger partial charge in [0.2, 0.25) is 0 Å². The molecular formula is C17H21N3O3. The number of benzene rings is 1. The molecule has 122 valence electrons. The van der Waals surface area contributed by atoms with Gasteiger partial charge in [0.1, 0.15) is 0 Å². The summed E-state index contributed by atoms with van der Waals surface area (Å²) in [6.07, 6.45) is 0. The van der Waals surface area contributed by atoms with E-state index in [0.29, 0.717) is 18.0 Å². The Balaban J connectivity index is 1.62. The number of carbonyl (C=O) groups is 1. The topological polar surface area (TPSA) is 67.6 Å². The number of anilines is 1. The maximum absolute atomic E-state index is 12.2. The smallest absolute Gasteiger partial charge is 0.277 e. The summed E-state index contributed by atoms with van der Waals surface area (Å²) in [5.74, 6) is 0.433. The molecule has 0 aliphatic carbocycles. The van der Waals surface area contributed by atoms with Gasteiger partial charge in [0.15, 0.2) is 11.5 Å². The van der Waals surface area contributed by atoms with E-state index in [4.69, 9.17) is 9.26 Å². The molecule has 1 aromatic heterocycles. The normalized spacial score (nSPS) is 15.6. The van der Waals surface area contributed by atoms with E-state index in [2.05, 4.69) is 15.4 Å². The molecule has 1 saturated heterocycles. The van der Waals surface area contributed by atoms with Gasteiger partial charge >= 0.3 is 0 Å². The molecule has 6 heteroatoms. The number of ether oxygens (including phenoxy) is 1. The van der Waals surface area contributed by atoms with Gasteiger partial charge in [0.05, 0.1) is 19.8 Å². The van der Waals surface area contributed by atoms with Crippen LogP contribution in [0.2, 0.25) is 0 Å². The number of morpholine rings is 1. The fraction of sp³-hybridized carbons (Fsp3) is 0.412. The van der Waals surface area contributed by atoms with E-state index in [9.17, 15) is 4.79 Å². The minimum atomic E-state index is -0.259. The lowest BCUT2D eigenvalue weighted by Crippen LogP contribution is -2.35. The first kappa shape index (κ1) is 15.7. The summed E-state index contributed by atoms with van der Waals surface area (Å²) in [6, 6.07) is 7.51. The van der Waals surface area contributed by atoms with Crippen LogP contribution in [0.25, 0.3) is 0 Å². The minimum Gasteiger partial charge on any atom is -0.379 e. The molecule has 1 aliphatic heterocycles. The van der Waals surface area contributed by atoms with E-state index in [1.807, 2.05) is 32.0 Å². The third-order valence-electron chi connectivity index (χ3n) is 4.04. The average Bonchev–Trinajstić information content (AvgIpc) is 3.00. The average molecular weight is 315 g/mol. The molecule has 6 nitrogen and oxygen atoms in total. The highest BCUT2D eigenvalue weighted by Crippen LogP contribution is 2.16. The Hall–Kier alpha value is -2.18. The van der Waals surface area contributed by atoms with Crippen molar-refractivity contribution in [2.45, 2.75) is 20.4 Å². The summed E-state index contributed by atoms with van der Waals surface area (Å²) in [6.45, 7) is 7.89. The lowest BCUT2D eigenvalue weighted by Gasteiger charge is -2.25. The van der Waals surface area contributed by atoms with E-state index in [-0.39, 0.29) is 5.91 Å². The van der Waals surface area contributed by atoms with Crippen molar-refractivity contribution in [1.29, 1.82) is 0 Å². The lowest BCUT2D eigenvalue weighted by atomic mass is 10.1. The zero-order valence-corrected chi connectivity index (χ0v) is 13.5. The number of hydrogen-bond acceptors (Lipinski definition) is 5. The van der Waals surface area contributed by atoms with Gasteiger partial charge in [-0.1, -0.05) is 11.2 Å². The molecule has 2 heterocycles. The number of hydrogen-bond donors (Lipinski definition) is 1. The van der Waals surface area contributed by atoms with Gasteiger partial charge in [-0.05, 0) is 37.1 Å². The van der Waals surface area contributed by atoms with Crippen molar-refractivity contribution in [3.8, 4) is 0 Å². The van der Waals surface area contributed by atoms with E-state index in [1.165, 1.54) is 5.56 Å². The van der Waals surface area contributed by atoms with Gasteiger partial charge in [0, 0.05) is 24.8 Å². The van der Waals surface area contributed by atoms with Crippen LogP contribution in [-0.4, -0.2) is 42.3 Å². The van der Waals surface area contributed by atoms with Crippen molar-refractivity contribution in [3.05, 3.63) is 46.8 Å². The summed E-state index contributed by atoms with van der Waals surface area (Å²) < 4.78 is 10.6. The van der Waals surface area contributed by atoms with E-state index in [1.54, 1.807) is 6.07 Å². The fourth-order valence-electron chi connectivity index (χ4n) is 2.49. The summed E-state index contributed by atoms with van der Waals surface area (Å²) in [5, 5.41) is 6.72. The van der Waals surface area contributed by atoms with E-state index >= 15 is 0 Å². The highest BCUT2D eigenvalue weighted by atomic mass is 16.5. The van der Waals surface area contributed by atoms with Crippen LogP contribution in [0, 0.1) is 13.8 Å². The van der Waals surface area contributed by atoms with Crippen molar-refractivity contribution in [1.82, 2.24) is 10.1 Å². The third kappa shape index (κ3) is 3.97. The van der Waals surface area contributed by atoms with Crippen LogP contribution in [0.5, 0.6) is 0 Å². The summed E-state index contributed by atoms with van der Waals surface area (Å²) >= 11 is 0. The number of aryl methyl sites for hydroxylation is 2. The van der Waals surface area contributed by atoms with Gasteiger partial charge < -0.3 is 14.6 Å². The molecule has 1 aliphatic rings.